The molecule has 5 heteroatoms. The Morgan fingerprint density at radius 3 is 2.27 bits per heavy atom. The Morgan fingerprint density at radius 1 is 0.923 bits per heavy atom. The molecule has 0 saturated carbocycles. The summed E-state index contributed by atoms with van der Waals surface area (Å²) >= 11 is 0. The third-order valence-electron chi connectivity index (χ3n) is 4.06. The summed E-state index contributed by atoms with van der Waals surface area (Å²) in [6.07, 6.45) is 1.93. The molecule has 0 fully saturated rings. The Kier molecular flexibility index (Phi) is 7.80. The summed E-state index contributed by atoms with van der Waals surface area (Å²) in [7, 11) is 3.23. The number of methoxy groups -OCH3 is 2. The van der Waals surface area contributed by atoms with Gasteiger partial charge in [0, 0.05) is 13.0 Å². The Hall–Kier alpha value is -2.69. The molecule has 0 radical (unpaired) electrons. The largest absolute Gasteiger partial charge is 0.494 e. The van der Waals surface area contributed by atoms with Crippen LogP contribution in [-0.4, -0.2) is 33.3 Å². The van der Waals surface area contributed by atoms with Gasteiger partial charge in [0.25, 0.3) is 0 Å². The van der Waals surface area contributed by atoms with Crippen LogP contribution in [0.25, 0.3) is 0 Å². The van der Waals surface area contributed by atoms with Gasteiger partial charge in [-0.3, -0.25) is 4.79 Å². The fourth-order valence-electron chi connectivity index (χ4n) is 2.65. The number of benzene rings is 2. The molecule has 0 saturated heterocycles. The molecule has 1 N–H and O–H groups in total. The van der Waals surface area contributed by atoms with Gasteiger partial charge in [-0.05, 0) is 55.2 Å². The summed E-state index contributed by atoms with van der Waals surface area (Å²) in [4.78, 5) is 12.0. The van der Waals surface area contributed by atoms with Crippen molar-refractivity contribution < 1.29 is 19.0 Å². The molecule has 0 aliphatic rings. The van der Waals surface area contributed by atoms with Crippen molar-refractivity contribution in [3.8, 4) is 17.2 Å². The highest BCUT2D eigenvalue weighted by Gasteiger charge is 2.06. The number of rotatable bonds is 10. The highest BCUT2D eigenvalue weighted by Crippen LogP contribution is 2.27. The predicted molar refractivity (Wildman–Crippen MR) is 102 cm³/mol. The van der Waals surface area contributed by atoms with E-state index in [1.54, 1.807) is 14.2 Å². The number of hydrogen-bond donors (Lipinski definition) is 1. The molecular weight excluding hydrogens is 330 g/mol. The average Bonchev–Trinajstić information content (AvgIpc) is 2.67. The monoisotopic (exact) mass is 357 g/mol. The summed E-state index contributed by atoms with van der Waals surface area (Å²) in [5.41, 5.74) is 2.22. The number of amides is 1. The third kappa shape index (κ3) is 5.99. The maximum Gasteiger partial charge on any atom is 0.220 e. The van der Waals surface area contributed by atoms with Crippen molar-refractivity contribution in [1.29, 1.82) is 0 Å². The lowest BCUT2D eigenvalue weighted by molar-refractivity contribution is -0.121. The van der Waals surface area contributed by atoms with Crippen LogP contribution in [0.2, 0.25) is 0 Å². The van der Waals surface area contributed by atoms with Crippen LogP contribution in [0.3, 0.4) is 0 Å². The summed E-state index contributed by atoms with van der Waals surface area (Å²) in [5, 5.41) is 2.96. The number of carbonyl (C=O) groups excluding carboxylic acids is 1. The van der Waals surface area contributed by atoms with E-state index in [1.165, 1.54) is 0 Å². The second-order valence-corrected chi connectivity index (χ2v) is 5.87. The number of carbonyl (C=O) groups is 1. The Morgan fingerprint density at radius 2 is 1.62 bits per heavy atom. The van der Waals surface area contributed by atoms with E-state index in [1.807, 2.05) is 49.4 Å². The number of ether oxygens (including phenoxy) is 3. The molecule has 5 nitrogen and oxygen atoms in total. The van der Waals surface area contributed by atoms with Crippen LogP contribution in [0.5, 0.6) is 17.2 Å². The van der Waals surface area contributed by atoms with E-state index in [9.17, 15) is 4.79 Å². The first kappa shape index (κ1) is 19.6. The fraction of sp³-hybridized carbons (Fsp3) is 0.381. The Bertz CT molecular complexity index is 698. The van der Waals surface area contributed by atoms with Crippen LogP contribution in [0, 0.1) is 0 Å². The lowest BCUT2D eigenvalue weighted by atomic mass is 10.1. The van der Waals surface area contributed by atoms with Crippen molar-refractivity contribution in [2.75, 3.05) is 27.4 Å². The first-order valence-electron chi connectivity index (χ1n) is 8.85. The Balaban J connectivity index is 1.73. The molecular formula is C21H27NO4. The van der Waals surface area contributed by atoms with Gasteiger partial charge in [-0.15, -0.1) is 0 Å². The van der Waals surface area contributed by atoms with E-state index in [0.29, 0.717) is 37.5 Å². The minimum Gasteiger partial charge on any atom is -0.494 e. The summed E-state index contributed by atoms with van der Waals surface area (Å²) in [5.74, 6) is 2.32. The molecule has 140 valence electrons. The van der Waals surface area contributed by atoms with E-state index in [2.05, 4.69) is 5.32 Å². The first-order chi connectivity index (χ1) is 12.7. The van der Waals surface area contributed by atoms with Gasteiger partial charge in [-0.1, -0.05) is 18.2 Å². The fourth-order valence-corrected chi connectivity index (χ4v) is 2.65. The number of hydrogen-bond acceptors (Lipinski definition) is 4. The molecule has 0 bridgehead atoms. The molecule has 2 rings (SSSR count). The summed E-state index contributed by atoms with van der Waals surface area (Å²) in [6, 6.07) is 13.7. The van der Waals surface area contributed by atoms with E-state index in [0.717, 1.165) is 23.3 Å². The molecule has 0 heterocycles. The third-order valence-corrected chi connectivity index (χ3v) is 4.06. The van der Waals surface area contributed by atoms with Gasteiger partial charge in [0.2, 0.25) is 5.91 Å². The lowest BCUT2D eigenvalue weighted by Gasteiger charge is -2.10. The highest BCUT2D eigenvalue weighted by atomic mass is 16.5. The second-order valence-electron chi connectivity index (χ2n) is 5.87. The molecule has 0 aromatic heterocycles. The number of nitrogens with one attached hydrogen (secondary N) is 1. The standard InChI is InChI=1S/C21H27NO4/c1-4-26-18-9-5-16(6-10-18)8-12-21(23)22-14-13-17-7-11-19(24-2)20(15-17)25-3/h5-7,9-11,15H,4,8,12-14H2,1-3H3,(H,22,23). The minimum atomic E-state index is 0.0550. The smallest absolute Gasteiger partial charge is 0.220 e. The molecule has 2 aromatic rings. The predicted octanol–water partition coefficient (Wildman–Crippen LogP) is 3.39. The van der Waals surface area contributed by atoms with Gasteiger partial charge in [-0.25, -0.2) is 0 Å². The molecule has 26 heavy (non-hydrogen) atoms. The minimum absolute atomic E-state index is 0.0550. The molecule has 1 amide bonds. The topological polar surface area (TPSA) is 56.8 Å². The summed E-state index contributed by atoms with van der Waals surface area (Å²) in [6.45, 7) is 3.21. The molecule has 0 aliphatic heterocycles. The van der Waals surface area contributed by atoms with Gasteiger partial charge in [0.05, 0.1) is 20.8 Å². The number of aryl methyl sites for hydroxylation is 1. The van der Waals surface area contributed by atoms with Crippen LogP contribution in [0.4, 0.5) is 0 Å². The van der Waals surface area contributed by atoms with E-state index < -0.39 is 0 Å². The second kappa shape index (κ2) is 10.3. The highest BCUT2D eigenvalue weighted by molar-refractivity contribution is 5.76. The first-order valence-corrected chi connectivity index (χ1v) is 8.85. The van der Waals surface area contributed by atoms with Crippen molar-refractivity contribution in [3.05, 3.63) is 53.6 Å². The van der Waals surface area contributed by atoms with Gasteiger partial charge in [0.15, 0.2) is 11.5 Å². The molecule has 0 unspecified atom stereocenters. The van der Waals surface area contributed by atoms with E-state index >= 15 is 0 Å². The normalized spacial score (nSPS) is 10.3. The quantitative estimate of drug-likeness (QED) is 0.708. The molecule has 0 spiro atoms. The van der Waals surface area contributed by atoms with Crippen LogP contribution >= 0.6 is 0 Å². The van der Waals surface area contributed by atoms with Gasteiger partial charge >= 0.3 is 0 Å². The van der Waals surface area contributed by atoms with Crippen molar-refractivity contribution in [1.82, 2.24) is 5.32 Å². The van der Waals surface area contributed by atoms with Crippen LogP contribution in [0.15, 0.2) is 42.5 Å². The van der Waals surface area contributed by atoms with Crippen LogP contribution in [0.1, 0.15) is 24.5 Å². The lowest BCUT2D eigenvalue weighted by Crippen LogP contribution is -2.25. The van der Waals surface area contributed by atoms with Crippen molar-refractivity contribution in [2.24, 2.45) is 0 Å². The van der Waals surface area contributed by atoms with Crippen LogP contribution in [-0.2, 0) is 17.6 Å². The zero-order valence-electron chi connectivity index (χ0n) is 15.7. The van der Waals surface area contributed by atoms with Gasteiger partial charge in [-0.2, -0.15) is 0 Å². The SMILES string of the molecule is CCOc1ccc(CCC(=O)NCCc2ccc(OC)c(OC)c2)cc1. The van der Waals surface area contributed by atoms with Crippen molar-refractivity contribution in [2.45, 2.75) is 26.2 Å². The van der Waals surface area contributed by atoms with E-state index in [4.69, 9.17) is 14.2 Å². The van der Waals surface area contributed by atoms with E-state index in [-0.39, 0.29) is 5.91 Å². The average molecular weight is 357 g/mol. The van der Waals surface area contributed by atoms with Crippen molar-refractivity contribution in [3.63, 3.8) is 0 Å². The van der Waals surface area contributed by atoms with Gasteiger partial charge < -0.3 is 19.5 Å². The van der Waals surface area contributed by atoms with Crippen LogP contribution < -0.4 is 19.5 Å². The van der Waals surface area contributed by atoms with Gasteiger partial charge in [0.1, 0.15) is 5.75 Å². The maximum absolute atomic E-state index is 12.0. The molecule has 0 atom stereocenters. The Labute approximate surface area is 155 Å². The zero-order valence-corrected chi connectivity index (χ0v) is 15.7. The van der Waals surface area contributed by atoms with Crippen molar-refractivity contribution >= 4 is 5.91 Å². The maximum atomic E-state index is 12.0. The molecule has 2 aromatic carbocycles. The summed E-state index contributed by atoms with van der Waals surface area (Å²) < 4.78 is 15.9. The molecule has 0 aliphatic carbocycles. The zero-order chi connectivity index (χ0) is 18.8.